The highest BCUT2D eigenvalue weighted by Gasteiger charge is 2.32. The molecule has 47 heavy (non-hydrogen) atoms. The maximum atomic E-state index is 14.3. The molecule has 0 bridgehead atoms. The van der Waals surface area contributed by atoms with Crippen molar-refractivity contribution in [3.63, 3.8) is 0 Å². The van der Waals surface area contributed by atoms with Crippen LogP contribution in [0.3, 0.4) is 0 Å². The van der Waals surface area contributed by atoms with Crippen LogP contribution in [-0.2, 0) is 32.5 Å². The van der Waals surface area contributed by atoms with Gasteiger partial charge in [0, 0.05) is 29.7 Å². The molecule has 0 unspecified atom stereocenters. The van der Waals surface area contributed by atoms with E-state index in [1.54, 1.807) is 12.1 Å². The van der Waals surface area contributed by atoms with Crippen molar-refractivity contribution in [3.8, 4) is 16.9 Å². The minimum absolute atomic E-state index is 0.160. The van der Waals surface area contributed by atoms with Gasteiger partial charge >= 0.3 is 5.97 Å². The van der Waals surface area contributed by atoms with Crippen molar-refractivity contribution in [3.05, 3.63) is 117 Å². The Kier molecular flexibility index (Phi) is 9.92. The second-order valence-electron chi connectivity index (χ2n) is 10.9. The quantitative estimate of drug-likeness (QED) is 0.0751. The predicted molar refractivity (Wildman–Crippen MR) is 177 cm³/mol. The summed E-state index contributed by atoms with van der Waals surface area (Å²) in [7, 11) is -4.49. The molecule has 0 aliphatic carbocycles. The number of nitro benzene ring substituents is 1. The van der Waals surface area contributed by atoms with Gasteiger partial charge in [-0.15, -0.1) is 0 Å². The molecule has 5 aromatic rings. The number of carboxylic acid groups (broad SMARTS) is 1. The Balaban J connectivity index is 1.56. The SMILES string of the molecule is CCOCCOc1cc(C)c(-c2cccc(CN(c3ccc4c(CC(=O)O)coc4c3)S(=O)(=O)c3ccccc3[N+](=O)[O-])c2)c(C)c1. The summed E-state index contributed by atoms with van der Waals surface area (Å²) in [6, 6.07) is 21.2. The van der Waals surface area contributed by atoms with Gasteiger partial charge in [-0.05, 0) is 85.0 Å². The van der Waals surface area contributed by atoms with Crippen LogP contribution >= 0.6 is 0 Å². The Morgan fingerprint density at radius 3 is 2.43 bits per heavy atom. The lowest BCUT2D eigenvalue weighted by Crippen LogP contribution is -2.31. The summed E-state index contributed by atoms with van der Waals surface area (Å²) in [5, 5.41) is 21.7. The molecule has 0 fully saturated rings. The molecule has 12 heteroatoms. The number of nitrogens with zero attached hydrogens (tertiary/aromatic N) is 2. The number of ether oxygens (including phenoxy) is 2. The van der Waals surface area contributed by atoms with Gasteiger partial charge in [-0.2, -0.15) is 0 Å². The number of nitro groups is 1. The fraction of sp³-hybridized carbons (Fsp3) is 0.229. The lowest BCUT2D eigenvalue weighted by atomic mass is 9.94. The van der Waals surface area contributed by atoms with Crippen molar-refractivity contribution in [2.75, 3.05) is 24.1 Å². The van der Waals surface area contributed by atoms with Gasteiger partial charge in [0.05, 0.1) is 36.4 Å². The number of carbonyl (C=O) groups is 1. The number of sulfonamides is 1. The highest BCUT2D eigenvalue weighted by atomic mass is 32.2. The first-order valence-electron chi connectivity index (χ1n) is 14.9. The number of furan rings is 1. The zero-order valence-electron chi connectivity index (χ0n) is 26.1. The molecule has 0 saturated carbocycles. The Labute approximate surface area is 272 Å². The standard InChI is InChI=1S/C35H34N2O9S/c1-4-44-14-15-45-29-16-23(2)35(24(3)17-29)26-9-7-8-25(18-26)21-36(47(42,43)33-11-6-5-10-31(33)37(40)41)28-12-13-30-27(19-34(38)39)22-46-32(30)20-28/h5-13,16-18,20,22H,4,14-15,19,21H2,1-3H3,(H,38,39). The average Bonchev–Trinajstić information content (AvgIpc) is 3.43. The third kappa shape index (κ3) is 7.29. The van der Waals surface area contributed by atoms with E-state index in [1.807, 2.05) is 51.1 Å². The number of benzene rings is 4. The fourth-order valence-corrected chi connectivity index (χ4v) is 7.21. The summed E-state index contributed by atoms with van der Waals surface area (Å²) in [5.74, 6) is -0.312. The molecular formula is C35H34N2O9S. The number of hydrogen-bond acceptors (Lipinski definition) is 8. The molecule has 5 rings (SSSR count). The summed E-state index contributed by atoms with van der Waals surface area (Å²) >= 11 is 0. The van der Waals surface area contributed by atoms with E-state index in [1.165, 1.54) is 36.6 Å². The summed E-state index contributed by atoms with van der Waals surface area (Å²) in [5.41, 5.74) is 4.77. The number of rotatable bonds is 14. The number of fused-ring (bicyclic) bond motifs is 1. The first-order valence-corrected chi connectivity index (χ1v) is 16.3. The van der Waals surface area contributed by atoms with Gasteiger partial charge in [0.2, 0.25) is 0 Å². The lowest BCUT2D eigenvalue weighted by molar-refractivity contribution is -0.387. The summed E-state index contributed by atoms with van der Waals surface area (Å²) in [6.45, 7) is 7.25. The molecule has 11 nitrogen and oxygen atoms in total. The topological polar surface area (TPSA) is 149 Å². The average molecular weight is 659 g/mol. The van der Waals surface area contributed by atoms with Gasteiger partial charge < -0.3 is 19.0 Å². The number of hydrogen-bond donors (Lipinski definition) is 1. The van der Waals surface area contributed by atoms with Gasteiger partial charge in [-0.1, -0.05) is 30.3 Å². The Bertz CT molecular complexity index is 2030. The number of anilines is 1. The highest BCUT2D eigenvalue weighted by Crippen LogP contribution is 2.36. The van der Waals surface area contributed by atoms with Crippen LogP contribution < -0.4 is 9.04 Å². The van der Waals surface area contributed by atoms with Crippen LogP contribution in [-0.4, -0.2) is 44.2 Å². The molecule has 1 aromatic heterocycles. The van der Waals surface area contributed by atoms with E-state index in [0.717, 1.165) is 38.4 Å². The van der Waals surface area contributed by atoms with Crippen molar-refractivity contribution in [2.24, 2.45) is 0 Å². The molecule has 0 aliphatic heterocycles. The molecule has 0 saturated heterocycles. The molecule has 0 aliphatic rings. The molecule has 4 aromatic carbocycles. The van der Waals surface area contributed by atoms with Crippen molar-refractivity contribution in [1.29, 1.82) is 0 Å². The first-order chi connectivity index (χ1) is 22.5. The monoisotopic (exact) mass is 658 g/mol. The van der Waals surface area contributed by atoms with E-state index in [-0.39, 0.29) is 24.2 Å². The number of aliphatic carboxylic acids is 1. The zero-order chi connectivity index (χ0) is 33.7. The van der Waals surface area contributed by atoms with E-state index in [9.17, 15) is 28.4 Å². The Morgan fingerprint density at radius 1 is 0.979 bits per heavy atom. The second-order valence-corrected chi connectivity index (χ2v) is 12.8. The molecule has 1 heterocycles. The molecular weight excluding hydrogens is 624 g/mol. The minimum atomic E-state index is -4.49. The van der Waals surface area contributed by atoms with Crippen LogP contribution in [0, 0.1) is 24.0 Å². The number of aryl methyl sites for hydroxylation is 2. The predicted octanol–water partition coefficient (Wildman–Crippen LogP) is 7.06. The molecule has 0 atom stereocenters. The van der Waals surface area contributed by atoms with Crippen LogP contribution in [0.25, 0.3) is 22.1 Å². The Morgan fingerprint density at radius 2 is 1.72 bits per heavy atom. The first kappa shape index (κ1) is 33.2. The van der Waals surface area contributed by atoms with Crippen LogP contribution in [0.5, 0.6) is 5.75 Å². The van der Waals surface area contributed by atoms with Gasteiger partial charge in [-0.3, -0.25) is 19.2 Å². The van der Waals surface area contributed by atoms with Crippen LogP contribution in [0.15, 0.2) is 94.4 Å². The Hall–Kier alpha value is -5.20. The normalized spacial score (nSPS) is 11.5. The number of para-hydroxylation sites is 1. The van der Waals surface area contributed by atoms with Crippen molar-refractivity contribution in [2.45, 2.75) is 38.6 Å². The van der Waals surface area contributed by atoms with Crippen LogP contribution in [0.2, 0.25) is 0 Å². The van der Waals surface area contributed by atoms with Crippen LogP contribution in [0.1, 0.15) is 29.2 Å². The van der Waals surface area contributed by atoms with E-state index >= 15 is 0 Å². The largest absolute Gasteiger partial charge is 0.491 e. The van der Waals surface area contributed by atoms with E-state index in [2.05, 4.69) is 0 Å². The maximum Gasteiger partial charge on any atom is 0.307 e. The van der Waals surface area contributed by atoms with Gasteiger partial charge in [0.25, 0.3) is 15.7 Å². The van der Waals surface area contributed by atoms with Crippen molar-refractivity contribution in [1.82, 2.24) is 0 Å². The van der Waals surface area contributed by atoms with E-state index < -0.39 is 31.5 Å². The molecule has 244 valence electrons. The summed E-state index contributed by atoms with van der Waals surface area (Å²) in [6.07, 6.45) is 1.06. The minimum Gasteiger partial charge on any atom is -0.491 e. The van der Waals surface area contributed by atoms with Gasteiger partial charge in [0.1, 0.15) is 17.9 Å². The lowest BCUT2D eigenvalue weighted by Gasteiger charge is -2.25. The summed E-state index contributed by atoms with van der Waals surface area (Å²) in [4.78, 5) is 22.0. The molecule has 0 spiro atoms. The van der Waals surface area contributed by atoms with Gasteiger partial charge in [-0.25, -0.2) is 8.42 Å². The van der Waals surface area contributed by atoms with E-state index in [4.69, 9.17) is 13.9 Å². The van der Waals surface area contributed by atoms with Crippen molar-refractivity contribution >= 4 is 38.3 Å². The molecule has 0 amide bonds. The molecule has 1 N–H and O–H groups in total. The van der Waals surface area contributed by atoms with Gasteiger partial charge in [0.15, 0.2) is 4.90 Å². The second kappa shape index (κ2) is 14.1. The maximum absolute atomic E-state index is 14.3. The summed E-state index contributed by atoms with van der Waals surface area (Å²) < 4.78 is 46.5. The van der Waals surface area contributed by atoms with Crippen LogP contribution in [0.4, 0.5) is 11.4 Å². The number of carboxylic acids is 1. The highest BCUT2D eigenvalue weighted by molar-refractivity contribution is 7.93. The third-order valence-corrected chi connectivity index (χ3v) is 9.47. The smallest absolute Gasteiger partial charge is 0.307 e. The van der Waals surface area contributed by atoms with Crippen molar-refractivity contribution < 1.29 is 37.1 Å². The van der Waals surface area contributed by atoms with E-state index in [0.29, 0.717) is 36.3 Å². The molecule has 0 radical (unpaired) electrons. The third-order valence-electron chi connectivity index (χ3n) is 7.65. The zero-order valence-corrected chi connectivity index (χ0v) is 27.0. The fourth-order valence-electron chi connectivity index (χ4n) is 5.60.